The first kappa shape index (κ1) is 18.2. The number of hydrogen-bond donors (Lipinski definition) is 1. The van der Waals surface area contributed by atoms with Crippen LogP contribution in [0.25, 0.3) is 27.4 Å². The minimum atomic E-state index is -4.34. The quantitative estimate of drug-likeness (QED) is 0.374. The van der Waals surface area contributed by atoms with Crippen molar-refractivity contribution in [1.29, 1.82) is 0 Å². The Morgan fingerprint density at radius 1 is 1.03 bits per heavy atom. The lowest BCUT2D eigenvalue weighted by molar-refractivity contribution is -0.137. The van der Waals surface area contributed by atoms with Gasteiger partial charge in [-0.15, -0.1) is 16.4 Å². The van der Waals surface area contributed by atoms with Gasteiger partial charge in [-0.3, -0.25) is 4.40 Å². The molecule has 146 valence electrons. The van der Waals surface area contributed by atoms with Crippen LogP contribution < -0.4 is 0 Å². The van der Waals surface area contributed by atoms with E-state index in [4.69, 9.17) is 0 Å². The second-order valence-electron chi connectivity index (χ2n) is 6.27. The highest BCUT2D eigenvalue weighted by Gasteiger charge is 2.30. The molecular formula is C19H12F3N5S2. The number of aromatic nitrogens is 5. The molecule has 1 N–H and O–H groups in total. The van der Waals surface area contributed by atoms with Gasteiger partial charge in [-0.05, 0) is 24.3 Å². The minimum absolute atomic E-state index is 0.587. The number of alkyl halides is 3. The fraction of sp³-hybridized carbons (Fsp3) is 0.105. The summed E-state index contributed by atoms with van der Waals surface area (Å²) >= 11 is 2.93. The van der Waals surface area contributed by atoms with Crippen LogP contribution in [-0.4, -0.2) is 24.6 Å². The molecular weight excluding hydrogens is 419 g/mol. The van der Waals surface area contributed by atoms with Gasteiger partial charge in [0, 0.05) is 16.7 Å². The molecule has 0 spiro atoms. The number of nitrogens with one attached hydrogen (secondary N) is 1. The number of fused-ring (bicyclic) bond motifs is 3. The molecule has 0 amide bonds. The Labute approximate surface area is 170 Å². The Morgan fingerprint density at radius 3 is 2.62 bits per heavy atom. The number of thiazole rings is 1. The van der Waals surface area contributed by atoms with Crippen LogP contribution >= 0.6 is 23.1 Å². The van der Waals surface area contributed by atoms with Crippen molar-refractivity contribution in [3.63, 3.8) is 0 Å². The first-order chi connectivity index (χ1) is 14.0. The van der Waals surface area contributed by atoms with E-state index in [1.165, 1.54) is 35.2 Å². The standard InChI is InChI=1S/C19H12F3N5S2/c20-19(21,22)12-7-5-11(6-8-12)16-23-13(9-28-16)10-29-18-26-25-17-24-14-3-1-2-4-15(14)27(17)18/h1-9H,10H2,(H,24,25). The summed E-state index contributed by atoms with van der Waals surface area (Å²) in [4.78, 5) is 9.05. The Bertz CT molecular complexity index is 1300. The number of hydrogen-bond acceptors (Lipinski definition) is 5. The molecule has 29 heavy (non-hydrogen) atoms. The van der Waals surface area contributed by atoms with Crippen molar-refractivity contribution in [3.8, 4) is 10.6 Å². The first-order valence-electron chi connectivity index (χ1n) is 8.55. The summed E-state index contributed by atoms with van der Waals surface area (Å²) < 4.78 is 40.1. The Hall–Kier alpha value is -2.85. The molecule has 0 bridgehead atoms. The number of imidazole rings is 1. The fourth-order valence-corrected chi connectivity index (χ4v) is 4.77. The van der Waals surface area contributed by atoms with Crippen molar-refractivity contribution in [1.82, 2.24) is 24.6 Å². The number of H-pyrrole nitrogens is 1. The molecule has 3 aromatic heterocycles. The molecule has 0 atom stereocenters. The molecule has 5 nitrogen and oxygen atoms in total. The monoisotopic (exact) mass is 431 g/mol. The number of aromatic amines is 1. The van der Waals surface area contributed by atoms with Crippen LogP contribution in [0.2, 0.25) is 0 Å². The smallest absolute Gasteiger partial charge is 0.254 e. The SMILES string of the molecule is FC(F)(F)c1ccc(-c2nc(CSc3n[nH]c4nc5ccccc5n34)cs2)cc1. The predicted molar refractivity (Wildman–Crippen MR) is 107 cm³/mol. The normalized spacial score (nSPS) is 12.2. The van der Waals surface area contributed by atoms with Crippen LogP contribution in [0, 0.1) is 0 Å². The minimum Gasteiger partial charge on any atom is -0.254 e. The second-order valence-corrected chi connectivity index (χ2v) is 8.07. The molecule has 0 aliphatic rings. The van der Waals surface area contributed by atoms with E-state index in [-0.39, 0.29) is 0 Å². The summed E-state index contributed by atoms with van der Waals surface area (Å²) in [5, 5.41) is 10.6. The third-order valence-electron chi connectivity index (χ3n) is 4.36. The highest BCUT2D eigenvalue weighted by atomic mass is 32.2. The van der Waals surface area contributed by atoms with Crippen molar-refractivity contribution < 1.29 is 13.2 Å². The summed E-state index contributed by atoms with van der Waals surface area (Å²) in [5.41, 5.74) is 2.71. The van der Waals surface area contributed by atoms with Crippen molar-refractivity contribution >= 4 is 39.9 Å². The Morgan fingerprint density at radius 2 is 1.83 bits per heavy atom. The van der Waals surface area contributed by atoms with Crippen LogP contribution in [0.3, 0.4) is 0 Å². The van der Waals surface area contributed by atoms with E-state index in [2.05, 4.69) is 20.2 Å². The molecule has 0 saturated heterocycles. The van der Waals surface area contributed by atoms with E-state index in [9.17, 15) is 13.2 Å². The van der Waals surface area contributed by atoms with E-state index >= 15 is 0 Å². The molecule has 5 aromatic rings. The van der Waals surface area contributed by atoms with Crippen LogP contribution in [0.4, 0.5) is 13.2 Å². The van der Waals surface area contributed by atoms with Gasteiger partial charge in [0.1, 0.15) is 5.01 Å². The predicted octanol–water partition coefficient (Wildman–Crippen LogP) is 5.65. The van der Waals surface area contributed by atoms with Gasteiger partial charge < -0.3 is 0 Å². The molecule has 10 heteroatoms. The number of rotatable bonds is 4. The fourth-order valence-electron chi connectivity index (χ4n) is 2.99. The van der Waals surface area contributed by atoms with E-state index in [0.717, 1.165) is 34.0 Å². The van der Waals surface area contributed by atoms with Gasteiger partial charge in [0.05, 0.1) is 22.3 Å². The summed E-state index contributed by atoms with van der Waals surface area (Å²) in [7, 11) is 0. The van der Waals surface area contributed by atoms with Crippen molar-refractivity contribution in [2.45, 2.75) is 17.1 Å². The molecule has 2 aromatic carbocycles. The number of para-hydroxylation sites is 2. The molecule has 5 rings (SSSR count). The average molecular weight is 431 g/mol. The van der Waals surface area contributed by atoms with E-state index < -0.39 is 11.7 Å². The zero-order valence-electron chi connectivity index (χ0n) is 14.6. The summed E-state index contributed by atoms with van der Waals surface area (Å²) in [6, 6.07) is 12.9. The van der Waals surface area contributed by atoms with Gasteiger partial charge >= 0.3 is 6.18 Å². The molecule has 0 aliphatic carbocycles. The highest BCUT2D eigenvalue weighted by Crippen LogP contribution is 2.32. The maximum Gasteiger partial charge on any atom is 0.416 e. The first-order valence-corrected chi connectivity index (χ1v) is 10.4. The van der Waals surface area contributed by atoms with Crippen molar-refractivity contribution in [2.24, 2.45) is 0 Å². The van der Waals surface area contributed by atoms with Gasteiger partial charge in [-0.1, -0.05) is 36.0 Å². The van der Waals surface area contributed by atoms with E-state index in [0.29, 0.717) is 22.1 Å². The average Bonchev–Trinajstić information content (AvgIpc) is 3.41. The lowest BCUT2D eigenvalue weighted by Gasteiger charge is -2.06. The maximum atomic E-state index is 12.7. The second kappa shape index (κ2) is 6.89. The van der Waals surface area contributed by atoms with Crippen LogP contribution in [-0.2, 0) is 11.9 Å². The zero-order chi connectivity index (χ0) is 20.0. The van der Waals surface area contributed by atoms with Gasteiger partial charge in [0.15, 0.2) is 5.16 Å². The summed E-state index contributed by atoms with van der Waals surface area (Å²) in [6.07, 6.45) is -4.34. The lowest BCUT2D eigenvalue weighted by atomic mass is 10.1. The molecule has 3 heterocycles. The van der Waals surface area contributed by atoms with E-state index in [1.54, 1.807) is 0 Å². The van der Waals surface area contributed by atoms with E-state index in [1.807, 2.05) is 34.0 Å². The van der Waals surface area contributed by atoms with Crippen molar-refractivity contribution in [3.05, 3.63) is 65.2 Å². The van der Waals surface area contributed by atoms with Crippen molar-refractivity contribution in [2.75, 3.05) is 0 Å². The molecule has 0 saturated carbocycles. The number of nitrogens with zero attached hydrogens (tertiary/aromatic N) is 4. The van der Waals surface area contributed by atoms with Crippen LogP contribution in [0.5, 0.6) is 0 Å². The Balaban J connectivity index is 1.35. The number of halogens is 3. The van der Waals surface area contributed by atoms with Crippen LogP contribution in [0.1, 0.15) is 11.3 Å². The third-order valence-corrected chi connectivity index (χ3v) is 6.28. The number of benzene rings is 2. The largest absolute Gasteiger partial charge is 0.416 e. The summed E-state index contributed by atoms with van der Waals surface area (Å²) in [6.45, 7) is 0. The van der Waals surface area contributed by atoms with Gasteiger partial charge in [0.25, 0.3) is 0 Å². The maximum absolute atomic E-state index is 12.7. The number of thioether (sulfide) groups is 1. The summed E-state index contributed by atoms with van der Waals surface area (Å²) in [5.74, 6) is 1.27. The molecule has 0 aliphatic heterocycles. The van der Waals surface area contributed by atoms with Gasteiger partial charge in [-0.2, -0.15) is 13.2 Å². The molecule has 0 fully saturated rings. The zero-order valence-corrected chi connectivity index (χ0v) is 16.3. The highest BCUT2D eigenvalue weighted by molar-refractivity contribution is 7.98. The van der Waals surface area contributed by atoms with Gasteiger partial charge in [0.2, 0.25) is 5.78 Å². The third kappa shape index (κ3) is 3.38. The molecule has 0 unspecified atom stereocenters. The van der Waals surface area contributed by atoms with Crippen LogP contribution in [0.15, 0.2) is 59.1 Å². The van der Waals surface area contributed by atoms with Gasteiger partial charge in [-0.25, -0.2) is 15.1 Å². The Kier molecular flexibility index (Phi) is 4.32. The topological polar surface area (TPSA) is 58.9 Å². The molecule has 0 radical (unpaired) electrons. The lowest BCUT2D eigenvalue weighted by Crippen LogP contribution is -2.03.